The molecule has 0 spiro atoms. The van der Waals surface area contributed by atoms with Crippen LogP contribution < -0.4 is 4.74 Å². The van der Waals surface area contributed by atoms with Gasteiger partial charge in [0.05, 0.1) is 17.8 Å². The van der Waals surface area contributed by atoms with Crippen LogP contribution in [0.25, 0.3) is 16.9 Å². The smallest absolute Gasteiger partial charge is 0.242 e. The number of aromatic amines is 1. The number of benzene rings is 1. The molecule has 1 aromatic carbocycles. The average molecular weight is 341 g/mol. The number of rotatable bonds is 2. The minimum Gasteiger partial charge on any atom is -0.479 e. The summed E-state index contributed by atoms with van der Waals surface area (Å²) in [4.78, 5) is 11.3. The van der Waals surface area contributed by atoms with E-state index in [1.165, 1.54) is 13.4 Å². The zero-order chi connectivity index (χ0) is 15.1. The van der Waals surface area contributed by atoms with E-state index in [0.717, 1.165) is 5.56 Å². The third kappa shape index (κ3) is 2.29. The van der Waals surface area contributed by atoms with E-state index in [9.17, 15) is 0 Å². The summed E-state index contributed by atoms with van der Waals surface area (Å²) in [6.45, 7) is 1.89. The number of nitrogens with one attached hydrogen (secondary N) is 1. The van der Waals surface area contributed by atoms with Gasteiger partial charge in [-0.25, -0.2) is 4.98 Å². The van der Waals surface area contributed by atoms with Crippen LogP contribution in [-0.2, 0) is 0 Å². The average Bonchev–Trinajstić information content (AvgIpc) is 2.79. The lowest BCUT2D eigenvalue weighted by molar-refractivity contribution is 0.401. The Morgan fingerprint density at radius 2 is 2.00 bits per heavy atom. The molecule has 5 nitrogen and oxygen atoms in total. The maximum Gasteiger partial charge on any atom is 0.242 e. The number of aromatic nitrogens is 4. The second-order valence-corrected chi connectivity index (χ2v) is 5.60. The summed E-state index contributed by atoms with van der Waals surface area (Å²) in [6, 6.07) is 3.55. The van der Waals surface area contributed by atoms with Crippen molar-refractivity contribution < 1.29 is 4.74 Å². The zero-order valence-corrected chi connectivity index (χ0v) is 13.5. The van der Waals surface area contributed by atoms with Crippen molar-refractivity contribution >= 4 is 46.6 Å². The molecule has 108 valence electrons. The molecule has 0 amide bonds. The zero-order valence-electron chi connectivity index (χ0n) is 11.1. The number of nitrogens with zero attached hydrogens (tertiary/aromatic N) is 3. The van der Waals surface area contributed by atoms with Crippen molar-refractivity contribution in [2.24, 2.45) is 0 Å². The summed E-state index contributed by atoms with van der Waals surface area (Å²) in [5, 5.41) is 1.14. The SMILES string of the molecule is COc1ncnc2c1[nH]c(=S)n2-c1cc(Cl)c(C)cc1Cl. The standard InChI is InChI=1S/C13H10Cl2N4OS/c1-6-3-8(15)9(4-7(6)14)19-11-10(18-13(19)21)12(20-2)17-5-16-11/h3-5H,1-2H3,(H,18,21). The van der Waals surface area contributed by atoms with Crippen LogP contribution in [-0.4, -0.2) is 26.6 Å². The van der Waals surface area contributed by atoms with Crippen molar-refractivity contribution in [2.75, 3.05) is 7.11 Å². The molecule has 0 bridgehead atoms. The molecule has 0 aliphatic rings. The number of H-pyrrole nitrogens is 1. The second-order valence-electron chi connectivity index (χ2n) is 4.40. The van der Waals surface area contributed by atoms with Gasteiger partial charge < -0.3 is 9.72 Å². The van der Waals surface area contributed by atoms with E-state index in [0.29, 0.717) is 37.5 Å². The molecule has 0 aliphatic heterocycles. The molecule has 2 aromatic heterocycles. The molecule has 21 heavy (non-hydrogen) atoms. The molecule has 0 atom stereocenters. The van der Waals surface area contributed by atoms with E-state index >= 15 is 0 Å². The van der Waals surface area contributed by atoms with Crippen molar-refractivity contribution in [3.8, 4) is 11.6 Å². The topological polar surface area (TPSA) is 55.7 Å². The molecular weight excluding hydrogens is 331 g/mol. The Morgan fingerprint density at radius 1 is 1.24 bits per heavy atom. The summed E-state index contributed by atoms with van der Waals surface area (Å²) in [5.41, 5.74) is 2.74. The van der Waals surface area contributed by atoms with Crippen LogP contribution in [0.2, 0.25) is 10.0 Å². The molecule has 8 heteroatoms. The van der Waals surface area contributed by atoms with E-state index in [2.05, 4.69) is 15.0 Å². The monoisotopic (exact) mass is 340 g/mol. The van der Waals surface area contributed by atoms with Gasteiger partial charge in [-0.15, -0.1) is 0 Å². The van der Waals surface area contributed by atoms with Gasteiger partial charge in [-0.2, -0.15) is 4.98 Å². The Morgan fingerprint density at radius 3 is 2.71 bits per heavy atom. The van der Waals surface area contributed by atoms with Crippen molar-refractivity contribution in [1.82, 2.24) is 19.5 Å². The fourth-order valence-electron chi connectivity index (χ4n) is 2.08. The lowest BCUT2D eigenvalue weighted by Crippen LogP contribution is -1.98. The number of imidazole rings is 1. The van der Waals surface area contributed by atoms with E-state index < -0.39 is 0 Å². The van der Waals surface area contributed by atoms with Gasteiger partial charge in [0, 0.05) is 5.02 Å². The van der Waals surface area contributed by atoms with Crippen molar-refractivity contribution in [2.45, 2.75) is 6.92 Å². The summed E-state index contributed by atoms with van der Waals surface area (Å²) in [5.74, 6) is 0.416. The minimum atomic E-state index is 0.416. The third-order valence-electron chi connectivity index (χ3n) is 3.10. The first-order valence-corrected chi connectivity index (χ1v) is 7.15. The molecule has 3 aromatic rings. The molecule has 3 rings (SSSR count). The molecular formula is C13H10Cl2N4OS. The lowest BCUT2D eigenvalue weighted by atomic mass is 10.2. The maximum atomic E-state index is 6.32. The normalized spacial score (nSPS) is 11.0. The van der Waals surface area contributed by atoms with E-state index in [4.69, 9.17) is 40.2 Å². The van der Waals surface area contributed by atoms with E-state index in [1.54, 1.807) is 16.7 Å². The van der Waals surface area contributed by atoms with Crippen LogP contribution in [0.1, 0.15) is 5.56 Å². The molecule has 0 radical (unpaired) electrons. The van der Waals surface area contributed by atoms with E-state index in [1.807, 2.05) is 6.92 Å². The summed E-state index contributed by atoms with van der Waals surface area (Å²) < 4.78 is 7.35. The molecule has 0 saturated heterocycles. The number of ether oxygens (including phenoxy) is 1. The second kappa shape index (κ2) is 5.29. The molecule has 2 heterocycles. The Labute approximate surface area is 135 Å². The predicted octanol–water partition coefficient (Wildman–Crippen LogP) is 4.10. The molecule has 0 unspecified atom stereocenters. The highest BCUT2D eigenvalue weighted by molar-refractivity contribution is 7.71. The summed E-state index contributed by atoms with van der Waals surface area (Å²) >= 11 is 17.9. The minimum absolute atomic E-state index is 0.416. The van der Waals surface area contributed by atoms with Gasteiger partial charge >= 0.3 is 0 Å². The Kier molecular flexibility index (Phi) is 3.61. The maximum absolute atomic E-state index is 6.32. The van der Waals surface area contributed by atoms with Crippen LogP contribution >= 0.6 is 35.4 Å². The first-order chi connectivity index (χ1) is 10.0. The van der Waals surface area contributed by atoms with E-state index in [-0.39, 0.29) is 0 Å². The number of hydrogen-bond donors (Lipinski definition) is 1. The fraction of sp³-hybridized carbons (Fsp3) is 0.154. The molecule has 1 N–H and O–H groups in total. The van der Waals surface area contributed by atoms with Crippen LogP contribution in [0.5, 0.6) is 5.88 Å². The fourth-order valence-corrected chi connectivity index (χ4v) is 2.83. The van der Waals surface area contributed by atoms with Gasteiger partial charge in [0.2, 0.25) is 5.88 Å². The first-order valence-electron chi connectivity index (χ1n) is 5.98. The Hall–Kier alpha value is -1.63. The number of methoxy groups -OCH3 is 1. The van der Waals surface area contributed by atoms with Crippen molar-refractivity contribution in [3.63, 3.8) is 0 Å². The first kappa shape index (κ1) is 14.3. The Bertz CT molecular complexity index is 903. The molecule has 0 aliphatic carbocycles. The van der Waals surface area contributed by atoms with Crippen LogP contribution in [0.15, 0.2) is 18.5 Å². The van der Waals surface area contributed by atoms with Gasteiger partial charge in [0.1, 0.15) is 11.8 Å². The summed E-state index contributed by atoms with van der Waals surface area (Å²) in [7, 11) is 1.53. The summed E-state index contributed by atoms with van der Waals surface area (Å²) in [6.07, 6.45) is 1.41. The highest BCUT2D eigenvalue weighted by atomic mass is 35.5. The molecule has 0 saturated carbocycles. The molecule has 0 fully saturated rings. The number of aryl methyl sites for hydroxylation is 1. The highest BCUT2D eigenvalue weighted by Gasteiger charge is 2.15. The number of hydrogen-bond acceptors (Lipinski definition) is 4. The largest absolute Gasteiger partial charge is 0.479 e. The Balaban J connectivity index is 2.39. The van der Waals surface area contributed by atoms with Gasteiger partial charge in [0.15, 0.2) is 10.4 Å². The van der Waals surface area contributed by atoms with Crippen LogP contribution in [0, 0.1) is 11.7 Å². The highest BCUT2D eigenvalue weighted by Crippen LogP contribution is 2.31. The van der Waals surface area contributed by atoms with Crippen LogP contribution in [0.3, 0.4) is 0 Å². The predicted molar refractivity (Wildman–Crippen MR) is 85.4 cm³/mol. The third-order valence-corrected chi connectivity index (χ3v) is 4.10. The lowest BCUT2D eigenvalue weighted by Gasteiger charge is -2.09. The van der Waals surface area contributed by atoms with Gasteiger partial charge in [-0.1, -0.05) is 23.2 Å². The van der Waals surface area contributed by atoms with Crippen LogP contribution in [0.4, 0.5) is 0 Å². The van der Waals surface area contributed by atoms with Crippen molar-refractivity contribution in [1.29, 1.82) is 0 Å². The van der Waals surface area contributed by atoms with Crippen molar-refractivity contribution in [3.05, 3.63) is 38.8 Å². The van der Waals surface area contributed by atoms with Gasteiger partial charge in [-0.05, 0) is 36.8 Å². The van der Waals surface area contributed by atoms with Gasteiger partial charge in [-0.3, -0.25) is 4.57 Å². The van der Waals surface area contributed by atoms with Gasteiger partial charge in [0.25, 0.3) is 0 Å². The number of halogens is 2. The quantitative estimate of drug-likeness (QED) is 0.713. The number of fused-ring (bicyclic) bond motifs is 1.